The van der Waals surface area contributed by atoms with Crippen LogP contribution < -0.4 is 11.5 Å². The largest absolute Gasteiger partial charge is 0.337 e. The fraction of sp³-hybridized carbons (Fsp3) is 0.667. The molecule has 0 aliphatic heterocycles. The Morgan fingerprint density at radius 1 is 0.800 bits per heavy atom. The van der Waals surface area contributed by atoms with Crippen molar-refractivity contribution in [3.63, 3.8) is 0 Å². The summed E-state index contributed by atoms with van der Waals surface area (Å²) >= 11 is 0. The molecule has 0 aromatic carbocycles. The Labute approximate surface area is 61.0 Å². The van der Waals surface area contributed by atoms with Gasteiger partial charge in [0.05, 0.1) is 0 Å². The number of nitrogens with two attached hydrogens (primary N) is 2. The van der Waals surface area contributed by atoms with Gasteiger partial charge in [-0.25, -0.2) is 0 Å². The lowest BCUT2D eigenvalue weighted by Gasteiger charge is -2.05. The second kappa shape index (κ2) is 15.6. The van der Waals surface area contributed by atoms with Gasteiger partial charge in [-0.05, 0) is 0 Å². The van der Waals surface area contributed by atoms with Gasteiger partial charge in [-0.3, -0.25) is 0 Å². The Morgan fingerprint density at radius 3 is 0.900 bits per heavy atom. The van der Waals surface area contributed by atoms with Crippen LogP contribution in [-0.2, 0) is 0 Å². The molecule has 1 aliphatic rings. The van der Waals surface area contributed by atoms with Gasteiger partial charge in [-0.2, -0.15) is 10.5 Å². The molecule has 0 bridgehead atoms. The molecular formula is C6H12N4. The van der Waals surface area contributed by atoms with E-state index in [1.165, 1.54) is 38.1 Å². The first-order valence-corrected chi connectivity index (χ1v) is 3.02. The van der Waals surface area contributed by atoms with Crippen molar-refractivity contribution in [2.75, 3.05) is 0 Å². The van der Waals surface area contributed by atoms with E-state index in [9.17, 15) is 0 Å². The zero-order valence-corrected chi connectivity index (χ0v) is 5.88. The minimum absolute atomic E-state index is 1.25. The molecular weight excluding hydrogens is 128 g/mol. The van der Waals surface area contributed by atoms with E-state index in [-0.39, 0.29) is 0 Å². The molecule has 4 heteroatoms. The van der Waals surface area contributed by atoms with Crippen LogP contribution in [0.2, 0.25) is 0 Å². The second-order valence-electron chi connectivity index (χ2n) is 1.67. The lowest BCUT2D eigenvalue weighted by atomic mass is 10.0. The molecule has 0 unspecified atom stereocenters. The average molecular weight is 140 g/mol. The fourth-order valence-electron chi connectivity index (χ4n) is 0.250. The van der Waals surface area contributed by atoms with Crippen molar-refractivity contribution in [2.24, 2.45) is 11.5 Å². The van der Waals surface area contributed by atoms with Gasteiger partial charge in [-0.1, -0.05) is 25.7 Å². The predicted molar refractivity (Wildman–Crippen MR) is 38.1 cm³/mol. The summed E-state index contributed by atoms with van der Waals surface area (Å²) in [6.45, 7) is 0. The van der Waals surface area contributed by atoms with Crippen LogP contribution in [0.1, 0.15) is 25.7 Å². The molecule has 0 aromatic heterocycles. The number of hydrogen-bond donors (Lipinski definition) is 2. The number of rotatable bonds is 0. The first-order valence-electron chi connectivity index (χ1n) is 3.02. The SMILES string of the molecule is C1CCC1.N#CN.N#CN. The van der Waals surface area contributed by atoms with E-state index < -0.39 is 0 Å². The van der Waals surface area contributed by atoms with Crippen LogP contribution in [0.15, 0.2) is 0 Å². The Hall–Kier alpha value is -1.42. The lowest BCUT2D eigenvalue weighted by Crippen LogP contribution is -1.85. The molecule has 0 saturated heterocycles. The van der Waals surface area contributed by atoms with Gasteiger partial charge in [-0.15, -0.1) is 0 Å². The standard InChI is InChI=1S/C4H8.2CH2N2/c1-2-4-3-1;2*2-1-3/h1-4H2;2*2H2. The molecule has 1 fully saturated rings. The minimum Gasteiger partial charge on any atom is -0.337 e. The molecule has 56 valence electrons. The summed E-state index contributed by atoms with van der Waals surface area (Å²) in [4.78, 5) is 0. The van der Waals surface area contributed by atoms with Gasteiger partial charge in [0.1, 0.15) is 0 Å². The average Bonchev–Trinajstić information content (AvgIpc) is 1.62. The molecule has 0 radical (unpaired) electrons. The Kier molecular flexibility index (Phi) is 17.8. The van der Waals surface area contributed by atoms with Crippen molar-refractivity contribution in [3.05, 3.63) is 0 Å². The molecule has 0 atom stereocenters. The molecule has 4 N–H and O–H groups in total. The third-order valence-corrected chi connectivity index (χ3v) is 1.000. The smallest absolute Gasteiger partial charge is 0.173 e. The molecule has 1 aliphatic carbocycles. The van der Waals surface area contributed by atoms with E-state index in [1.807, 2.05) is 0 Å². The van der Waals surface area contributed by atoms with Gasteiger partial charge in [0.15, 0.2) is 12.4 Å². The molecule has 1 saturated carbocycles. The fourth-order valence-corrected chi connectivity index (χ4v) is 0.250. The summed E-state index contributed by atoms with van der Waals surface area (Å²) in [7, 11) is 0. The summed E-state index contributed by atoms with van der Waals surface area (Å²) in [5.41, 5.74) is 8.31. The predicted octanol–water partition coefficient (Wildman–Crippen LogP) is 0.413. The van der Waals surface area contributed by atoms with E-state index in [4.69, 9.17) is 10.5 Å². The maximum absolute atomic E-state index is 7.10. The molecule has 10 heavy (non-hydrogen) atoms. The zero-order chi connectivity index (χ0) is 8.24. The highest BCUT2D eigenvalue weighted by Gasteiger charge is 1.95. The number of nitriles is 2. The first-order chi connectivity index (χ1) is 4.83. The van der Waals surface area contributed by atoms with Crippen LogP contribution >= 0.6 is 0 Å². The van der Waals surface area contributed by atoms with E-state index in [0.717, 1.165) is 0 Å². The lowest BCUT2D eigenvalue weighted by molar-refractivity contribution is 0.504. The van der Waals surface area contributed by atoms with Gasteiger partial charge < -0.3 is 11.5 Å². The Bertz CT molecular complexity index is 98.7. The summed E-state index contributed by atoms with van der Waals surface area (Å²) < 4.78 is 0. The summed E-state index contributed by atoms with van der Waals surface area (Å²) in [5.74, 6) is 0. The summed E-state index contributed by atoms with van der Waals surface area (Å²) in [6, 6.07) is 0. The van der Waals surface area contributed by atoms with E-state index in [0.29, 0.717) is 0 Å². The summed E-state index contributed by atoms with van der Waals surface area (Å²) in [5, 5.41) is 14.2. The van der Waals surface area contributed by atoms with Gasteiger partial charge in [0.25, 0.3) is 0 Å². The molecule has 0 aromatic rings. The monoisotopic (exact) mass is 140 g/mol. The van der Waals surface area contributed by atoms with Gasteiger partial charge in [0.2, 0.25) is 0 Å². The minimum atomic E-state index is 1.25. The van der Waals surface area contributed by atoms with Crippen LogP contribution in [0.25, 0.3) is 0 Å². The first kappa shape index (κ1) is 11.4. The van der Waals surface area contributed by atoms with Gasteiger partial charge in [0, 0.05) is 0 Å². The molecule has 0 heterocycles. The van der Waals surface area contributed by atoms with Crippen molar-refractivity contribution in [1.29, 1.82) is 10.5 Å². The van der Waals surface area contributed by atoms with Crippen molar-refractivity contribution >= 4 is 0 Å². The highest BCUT2D eigenvalue weighted by molar-refractivity contribution is 4.50. The third-order valence-electron chi connectivity index (χ3n) is 1.000. The quantitative estimate of drug-likeness (QED) is 0.376. The van der Waals surface area contributed by atoms with Crippen LogP contribution in [0.3, 0.4) is 0 Å². The highest BCUT2D eigenvalue weighted by Crippen LogP contribution is 2.15. The topological polar surface area (TPSA) is 99.6 Å². The third kappa shape index (κ3) is 30.8. The molecule has 0 amide bonds. The Morgan fingerprint density at radius 2 is 0.900 bits per heavy atom. The molecule has 1 rings (SSSR count). The molecule has 4 nitrogen and oxygen atoms in total. The van der Waals surface area contributed by atoms with E-state index in [2.05, 4.69) is 11.5 Å². The summed E-state index contributed by atoms with van der Waals surface area (Å²) in [6.07, 6.45) is 8.50. The van der Waals surface area contributed by atoms with Crippen LogP contribution in [0.4, 0.5) is 0 Å². The number of nitrogens with zero attached hydrogens (tertiary/aromatic N) is 2. The number of hydrogen-bond acceptors (Lipinski definition) is 4. The van der Waals surface area contributed by atoms with Crippen LogP contribution in [-0.4, -0.2) is 0 Å². The molecule has 0 spiro atoms. The van der Waals surface area contributed by atoms with Crippen LogP contribution in [0, 0.1) is 22.9 Å². The highest BCUT2D eigenvalue weighted by atomic mass is 14.5. The van der Waals surface area contributed by atoms with Crippen LogP contribution in [0.5, 0.6) is 0 Å². The van der Waals surface area contributed by atoms with Crippen molar-refractivity contribution in [3.8, 4) is 12.4 Å². The maximum Gasteiger partial charge on any atom is 0.173 e. The zero-order valence-electron chi connectivity index (χ0n) is 5.88. The van der Waals surface area contributed by atoms with Crippen molar-refractivity contribution < 1.29 is 0 Å². The van der Waals surface area contributed by atoms with Crippen molar-refractivity contribution in [1.82, 2.24) is 0 Å². The van der Waals surface area contributed by atoms with Gasteiger partial charge >= 0.3 is 0 Å². The van der Waals surface area contributed by atoms with E-state index >= 15 is 0 Å². The van der Waals surface area contributed by atoms with E-state index in [1.54, 1.807) is 0 Å². The normalized spacial score (nSPS) is 11.0. The van der Waals surface area contributed by atoms with Crippen molar-refractivity contribution in [2.45, 2.75) is 25.7 Å². The second-order valence-corrected chi connectivity index (χ2v) is 1.67. The maximum atomic E-state index is 7.10. The Balaban J connectivity index is 0.